The number of ether oxygens (including phenoxy) is 3. The third-order valence-corrected chi connectivity index (χ3v) is 5.85. The van der Waals surface area contributed by atoms with Gasteiger partial charge in [0, 0.05) is 17.3 Å². The fraction of sp³-hybridized carbons (Fsp3) is 0.867. The summed E-state index contributed by atoms with van der Waals surface area (Å²) in [7, 11) is 0. The predicted octanol–water partition coefficient (Wildman–Crippen LogP) is 1.91. The van der Waals surface area contributed by atoms with Crippen LogP contribution in [0, 0.1) is 17.3 Å². The Morgan fingerprint density at radius 3 is 2.56 bits per heavy atom. The van der Waals surface area contributed by atoms with E-state index < -0.39 is 0 Å². The van der Waals surface area contributed by atoms with Gasteiger partial charge in [0.2, 0.25) is 0 Å². The van der Waals surface area contributed by atoms with Crippen LogP contribution in [0.3, 0.4) is 0 Å². The average Bonchev–Trinajstić information content (AvgIpc) is 3.04. The van der Waals surface area contributed by atoms with E-state index >= 15 is 0 Å². The third kappa shape index (κ3) is 1.04. The van der Waals surface area contributed by atoms with Gasteiger partial charge in [-0.25, -0.2) is 0 Å². The van der Waals surface area contributed by atoms with Gasteiger partial charge in [0.1, 0.15) is 0 Å². The van der Waals surface area contributed by atoms with Crippen molar-refractivity contribution in [1.82, 2.24) is 0 Å². The van der Waals surface area contributed by atoms with Crippen LogP contribution in [0.5, 0.6) is 0 Å². The summed E-state index contributed by atoms with van der Waals surface area (Å²) in [6.07, 6.45) is 8.27. The fourth-order valence-electron chi connectivity index (χ4n) is 5.43. The molecule has 0 radical (unpaired) electrons. The molecule has 4 bridgehead atoms. The summed E-state index contributed by atoms with van der Waals surface area (Å²) in [6, 6.07) is 0. The molecule has 5 aliphatic heterocycles. The van der Waals surface area contributed by atoms with Crippen LogP contribution in [-0.4, -0.2) is 36.6 Å². The van der Waals surface area contributed by atoms with Gasteiger partial charge in [0.25, 0.3) is 0 Å². The largest absolute Gasteiger partial charge is 0.375 e. The molecule has 1 spiro atoms. The van der Waals surface area contributed by atoms with Crippen LogP contribution >= 0.6 is 0 Å². The standard InChI is InChI=1S/C15H20O3/c1-14(2)6-15(7-16-14)5-10-11-8-3-4-9(17-8)12(11)13(15)18-10/h3-4,8-13H,5-7H2,1-2H3. The summed E-state index contributed by atoms with van der Waals surface area (Å²) in [5.74, 6) is 1.22. The molecule has 98 valence electrons. The summed E-state index contributed by atoms with van der Waals surface area (Å²) in [5.41, 5.74) is 0.300. The molecular weight excluding hydrogens is 228 g/mol. The van der Waals surface area contributed by atoms with E-state index in [0.717, 1.165) is 13.0 Å². The molecule has 0 amide bonds. The molecule has 5 aliphatic rings. The maximum Gasteiger partial charge on any atom is 0.0822 e. The molecule has 0 aromatic carbocycles. The zero-order chi connectivity index (χ0) is 12.1. The van der Waals surface area contributed by atoms with Crippen molar-refractivity contribution in [2.75, 3.05) is 6.61 Å². The second-order valence-electron chi connectivity index (χ2n) is 7.49. The van der Waals surface area contributed by atoms with Gasteiger partial charge in [-0.05, 0) is 26.7 Å². The maximum atomic E-state index is 6.35. The van der Waals surface area contributed by atoms with Gasteiger partial charge >= 0.3 is 0 Å². The predicted molar refractivity (Wildman–Crippen MR) is 65.1 cm³/mol. The molecule has 0 aromatic rings. The summed E-state index contributed by atoms with van der Waals surface area (Å²) < 4.78 is 18.4. The highest BCUT2D eigenvalue weighted by Gasteiger charge is 2.70. The molecule has 18 heavy (non-hydrogen) atoms. The van der Waals surface area contributed by atoms with Crippen LogP contribution in [0.2, 0.25) is 0 Å². The lowest BCUT2D eigenvalue weighted by Gasteiger charge is -2.38. The van der Waals surface area contributed by atoms with Crippen LogP contribution in [0.4, 0.5) is 0 Å². The molecule has 4 fully saturated rings. The van der Waals surface area contributed by atoms with Gasteiger partial charge in [-0.2, -0.15) is 0 Å². The highest BCUT2D eigenvalue weighted by atomic mass is 16.6. The molecule has 0 aromatic heterocycles. The Bertz CT molecular complexity index is 443. The van der Waals surface area contributed by atoms with Crippen LogP contribution in [-0.2, 0) is 14.2 Å². The molecule has 3 heteroatoms. The van der Waals surface area contributed by atoms with Crippen LogP contribution in [0.1, 0.15) is 26.7 Å². The Kier molecular flexibility index (Phi) is 1.66. The number of rotatable bonds is 0. The van der Waals surface area contributed by atoms with Crippen molar-refractivity contribution < 1.29 is 14.2 Å². The number of hydrogen-bond acceptors (Lipinski definition) is 3. The second-order valence-corrected chi connectivity index (χ2v) is 7.49. The van der Waals surface area contributed by atoms with Crippen LogP contribution < -0.4 is 0 Å². The average molecular weight is 248 g/mol. The monoisotopic (exact) mass is 248 g/mol. The van der Waals surface area contributed by atoms with Crippen molar-refractivity contribution >= 4 is 0 Å². The molecular formula is C15H20O3. The van der Waals surface area contributed by atoms with E-state index in [4.69, 9.17) is 14.2 Å². The topological polar surface area (TPSA) is 27.7 Å². The van der Waals surface area contributed by atoms with E-state index in [1.54, 1.807) is 0 Å². The Hall–Kier alpha value is -0.380. The molecule has 0 N–H and O–H groups in total. The van der Waals surface area contributed by atoms with Crippen molar-refractivity contribution in [3.05, 3.63) is 12.2 Å². The van der Waals surface area contributed by atoms with Gasteiger partial charge < -0.3 is 14.2 Å². The minimum absolute atomic E-state index is 0.0254. The molecule has 5 rings (SSSR count). The number of fused-ring (bicyclic) bond motifs is 10. The van der Waals surface area contributed by atoms with Crippen molar-refractivity contribution in [1.29, 1.82) is 0 Å². The summed E-state index contributed by atoms with van der Waals surface area (Å²) in [6.45, 7) is 5.30. The van der Waals surface area contributed by atoms with Crippen LogP contribution in [0.15, 0.2) is 12.2 Å². The Balaban J connectivity index is 1.53. The van der Waals surface area contributed by atoms with Gasteiger partial charge in [0.15, 0.2) is 0 Å². The molecule has 3 nitrogen and oxygen atoms in total. The van der Waals surface area contributed by atoms with Crippen molar-refractivity contribution in [2.45, 2.75) is 56.7 Å². The van der Waals surface area contributed by atoms with Crippen molar-refractivity contribution in [3.63, 3.8) is 0 Å². The number of hydrogen-bond donors (Lipinski definition) is 0. The minimum Gasteiger partial charge on any atom is -0.375 e. The smallest absolute Gasteiger partial charge is 0.0822 e. The van der Waals surface area contributed by atoms with E-state index in [9.17, 15) is 0 Å². The fourth-order valence-corrected chi connectivity index (χ4v) is 5.43. The summed E-state index contributed by atoms with van der Waals surface area (Å²) in [4.78, 5) is 0. The van der Waals surface area contributed by atoms with Gasteiger partial charge in [0.05, 0.1) is 36.6 Å². The molecule has 4 saturated heterocycles. The van der Waals surface area contributed by atoms with Gasteiger partial charge in [-0.3, -0.25) is 0 Å². The van der Waals surface area contributed by atoms with E-state index in [0.29, 0.717) is 36.3 Å². The minimum atomic E-state index is 0.0254. The summed E-state index contributed by atoms with van der Waals surface area (Å²) in [5, 5.41) is 0. The third-order valence-electron chi connectivity index (χ3n) is 5.85. The Morgan fingerprint density at radius 1 is 1.06 bits per heavy atom. The molecule has 7 unspecified atom stereocenters. The first-order valence-electron chi connectivity index (χ1n) is 7.21. The van der Waals surface area contributed by atoms with E-state index in [2.05, 4.69) is 26.0 Å². The Labute approximate surface area is 107 Å². The lowest BCUT2D eigenvalue weighted by molar-refractivity contribution is -0.0131. The molecule has 5 heterocycles. The van der Waals surface area contributed by atoms with Gasteiger partial charge in [-0.1, -0.05) is 12.2 Å². The zero-order valence-electron chi connectivity index (χ0n) is 11.0. The van der Waals surface area contributed by atoms with Crippen molar-refractivity contribution in [3.8, 4) is 0 Å². The highest BCUT2D eigenvalue weighted by Crippen LogP contribution is 2.64. The summed E-state index contributed by atoms with van der Waals surface area (Å²) >= 11 is 0. The zero-order valence-corrected chi connectivity index (χ0v) is 11.0. The normalized spacial score (nSPS) is 62.1. The molecule has 0 saturated carbocycles. The SMILES string of the molecule is CC1(C)CC2(CO1)CC1OC2C2C3C=CC(O3)C12. The Morgan fingerprint density at radius 2 is 1.83 bits per heavy atom. The van der Waals surface area contributed by atoms with E-state index in [-0.39, 0.29) is 11.0 Å². The maximum absolute atomic E-state index is 6.35. The van der Waals surface area contributed by atoms with Crippen LogP contribution in [0.25, 0.3) is 0 Å². The second kappa shape index (κ2) is 2.87. The molecule has 0 aliphatic carbocycles. The van der Waals surface area contributed by atoms with Crippen molar-refractivity contribution in [2.24, 2.45) is 17.3 Å². The first kappa shape index (κ1) is 10.4. The van der Waals surface area contributed by atoms with E-state index in [1.807, 2.05) is 0 Å². The van der Waals surface area contributed by atoms with E-state index in [1.165, 1.54) is 6.42 Å². The quantitative estimate of drug-likeness (QED) is 0.613. The first-order valence-corrected chi connectivity index (χ1v) is 7.21. The molecule has 7 atom stereocenters. The lowest BCUT2D eigenvalue weighted by atomic mass is 9.61. The highest BCUT2D eigenvalue weighted by molar-refractivity contribution is 5.25. The lowest BCUT2D eigenvalue weighted by Crippen LogP contribution is -2.46. The first-order chi connectivity index (χ1) is 8.58. The van der Waals surface area contributed by atoms with Gasteiger partial charge in [-0.15, -0.1) is 0 Å².